The van der Waals surface area contributed by atoms with Crippen molar-refractivity contribution in [1.29, 1.82) is 0 Å². The molecule has 0 aliphatic carbocycles. The SMILES string of the molecule is CN=C(NCCCOCC(F)(F)F)N1CCN(c2ccccc2F)CC1.I. The largest absolute Gasteiger partial charge is 0.411 e. The molecule has 0 unspecified atom stereocenters. The Kier molecular flexibility index (Phi) is 10.1. The zero-order valence-electron chi connectivity index (χ0n) is 15.1. The van der Waals surface area contributed by atoms with Crippen molar-refractivity contribution in [3.05, 3.63) is 30.1 Å². The topological polar surface area (TPSA) is 40.1 Å². The highest BCUT2D eigenvalue weighted by atomic mass is 127. The molecule has 2 rings (SSSR count). The smallest absolute Gasteiger partial charge is 0.372 e. The molecule has 0 radical (unpaired) electrons. The van der Waals surface area contributed by atoms with E-state index in [0.717, 1.165) is 0 Å². The molecule has 1 N–H and O–H groups in total. The number of benzene rings is 1. The fourth-order valence-electron chi connectivity index (χ4n) is 2.76. The molecule has 1 aliphatic rings. The number of guanidine groups is 1. The summed E-state index contributed by atoms with van der Waals surface area (Å²) in [5, 5.41) is 3.12. The number of para-hydroxylation sites is 1. The fraction of sp³-hybridized carbons (Fsp3) is 0.588. The van der Waals surface area contributed by atoms with Gasteiger partial charge in [-0.25, -0.2) is 4.39 Å². The monoisotopic (exact) mass is 504 g/mol. The molecule has 1 saturated heterocycles. The molecule has 1 aromatic rings. The number of anilines is 1. The molecular formula is C17H25F4IN4O. The molecule has 0 saturated carbocycles. The van der Waals surface area contributed by atoms with Gasteiger partial charge in [-0.15, -0.1) is 24.0 Å². The molecule has 0 spiro atoms. The number of hydrogen-bond acceptors (Lipinski definition) is 3. The Morgan fingerprint density at radius 2 is 1.85 bits per heavy atom. The van der Waals surface area contributed by atoms with Crippen LogP contribution in [0.1, 0.15) is 6.42 Å². The Morgan fingerprint density at radius 3 is 2.44 bits per heavy atom. The summed E-state index contributed by atoms with van der Waals surface area (Å²) in [7, 11) is 1.66. The Bertz CT molecular complexity index is 593. The minimum Gasteiger partial charge on any atom is -0.372 e. The summed E-state index contributed by atoms with van der Waals surface area (Å²) in [5.74, 6) is 0.455. The molecule has 1 aliphatic heterocycles. The van der Waals surface area contributed by atoms with E-state index in [-0.39, 0.29) is 36.4 Å². The first-order chi connectivity index (χ1) is 12.4. The maximum atomic E-state index is 13.9. The lowest BCUT2D eigenvalue weighted by Crippen LogP contribution is -2.52. The molecule has 27 heavy (non-hydrogen) atoms. The van der Waals surface area contributed by atoms with Crippen LogP contribution in [0.5, 0.6) is 0 Å². The number of alkyl halides is 3. The maximum Gasteiger partial charge on any atom is 0.411 e. The van der Waals surface area contributed by atoms with Crippen LogP contribution in [-0.4, -0.2) is 70.0 Å². The summed E-state index contributed by atoms with van der Waals surface area (Å²) in [4.78, 5) is 8.24. The number of hydrogen-bond donors (Lipinski definition) is 1. The Balaban J connectivity index is 0.00000364. The molecule has 1 aromatic carbocycles. The van der Waals surface area contributed by atoms with E-state index in [2.05, 4.69) is 15.0 Å². The number of nitrogens with zero attached hydrogens (tertiary/aromatic N) is 3. The first-order valence-electron chi connectivity index (χ1n) is 8.50. The minimum absolute atomic E-state index is 0. The van der Waals surface area contributed by atoms with Crippen LogP contribution in [0.4, 0.5) is 23.2 Å². The van der Waals surface area contributed by atoms with Crippen LogP contribution in [0.25, 0.3) is 0 Å². The van der Waals surface area contributed by atoms with Gasteiger partial charge in [0.05, 0.1) is 5.69 Å². The van der Waals surface area contributed by atoms with E-state index in [1.807, 2.05) is 15.9 Å². The summed E-state index contributed by atoms with van der Waals surface area (Å²) >= 11 is 0. The zero-order valence-corrected chi connectivity index (χ0v) is 17.5. The van der Waals surface area contributed by atoms with Crippen molar-refractivity contribution < 1.29 is 22.3 Å². The second kappa shape index (κ2) is 11.5. The molecule has 1 fully saturated rings. The normalized spacial score (nSPS) is 15.5. The third kappa shape index (κ3) is 8.08. The maximum absolute atomic E-state index is 13.9. The van der Waals surface area contributed by atoms with Crippen LogP contribution in [0.2, 0.25) is 0 Å². The minimum atomic E-state index is -4.29. The first-order valence-corrected chi connectivity index (χ1v) is 8.50. The Morgan fingerprint density at radius 1 is 1.19 bits per heavy atom. The van der Waals surface area contributed by atoms with Gasteiger partial charge in [0.1, 0.15) is 12.4 Å². The Hall–Kier alpha value is -1.30. The van der Waals surface area contributed by atoms with Gasteiger partial charge in [-0.05, 0) is 18.6 Å². The van der Waals surface area contributed by atoms with Gasteiger partial charge < -0.3 is 19.9 Å². The lowest BCUT2D eigenvalue weighted by atomic mass is 10.2. The number of nitrogens with one attached hydrogen (secondary N) is 1. The van der Waals surface area contributed by atoms with E-state index in [4.69, 9.17) is 0 Å². The van der Waals surface area contributed by atoms with E-state index in [1.54, 1.807) is 19.2 Å². The summed E-state index contributed by atoms with van der Waals surface area (Å²) in [5.41, 5.74) is 0.594. The van der Waals surface area contributed by atoms with Gasteiger partial charge in [0.15, 0.2) is 5.96 Å². The highest BCUT2D eigenvalue weighted by Gasteiger charge is 2.27. The van der Waals surface area contributed by atoms with Crippen molar-refractivity contribution in [2.45, 2.75) is 12.6 Å². The molecule has 0 amide bonds. The standard InChI is InChI=1S/C17H24F4N4O.HI/c1-22-16(23-7-4-12-26-13-17(19,20)21)25-10-8-24(9-11-25)15-6-3-2-5-14(15)18;/h2-3,5-6H,4,7-13H2,1H3,(H,22,23);1H. The first kappa shape index (κ1) is 23.7. The van der Waals surface area contributed by atoms with Crippen molar-refractivity contribution in [3.8, 4) is 0 Å². The quantitative estimate of drug-likeness (QED) is 0.213. The highest BCUT2D eigenvalue weighted by Crippen LogP contribution is 2.20. The van der Waals surface area contributed by atoms with Gasteiger partial charge in [0, 0.05) is 46.4 Å². The molecule has 10 heteroatoms. The van der Waals surface area contributed by atoms with Crippen LogP contribution < -0.4 is 10.2 Å². The van der Waals surface area contributed by atoms with E-state index < -0.39 is 12.8 Å². The van der Waals surface area contributed by atoms with Crippen LogP contribution in [0, 0.1) is 5.82 Å². The average Bonchev–Trinajstić information content (AvgIpc) is 2.61. The van der Waals surface area contributed by atoms with E-state index in [9.17, 15) is 17.6 Å². The van der Waals surface area contributed by atoms with E-state index >= 15 is 0 Å². The number of halogens is 5. The van der Waals surface area contributed by atoms with Gasteiger partial charge in [0.25, 0.3) is 0 Å². The molecular weight excluding hydrogens is 479 g/mol. The number of piperazine rings is 1. The van der Waals surface area contributed by atoms with Gasteiger partial charge in [-0.3, -0.25) is 4.99 Å². The Labute approximate surface area is 173 Å². The molecule has 0 atom stereocenters. The second-order valence-electron chi connectivity index (χ2n) is 5.92. The zero-order chi connectivity index (χ0) is 19.0. The number of ether oxygens (including phenoxy) is 1. The van der Waals surface area contributed by atoms with Crippen molar-refractivity contribution in [2.24, 2.45) is 4.99 Å². The predicted molar refractivity (Wildman–Crippen MR) is 108 cm³/mol. The van der Waals surface area contributed by atoms with Crippen LogP contribution in [0.15, 0.2) is 29.3 Å². The van der Waals surface area contributed by atoms with Crippen molar-refractivity contribution >= 4 is 35.6 Å². The van der Waals surface area contributed by atoms with Crippen molar-refractivity contribution in [1.82, 2.24) is 10.2 Å². The highest BCUT2D eigenvalue weighted by molar-refractivity contribution is 14.0. The fourth-order valence-corrected chi connectivity index (χ4v) is 2.76. The van der Waals surface area contributed by atoms with Crippen molar-refractivity contribution in [2.75, 3.05) is 57.9 Å². The molecule has 0 aromatic heterocycles. The molecule has 0 bridgehead atoms. The van der Waals surface area contributed by atoms with Crippen LogP contribution in [0.3, 0.4) is 0 Å². The second-order valence-corrected chi connectivity index (χ2v) is 5.92. The predicted octanol–water partition coefficient (Wildman–Crippen LogP) is 3.11. The van der Waals surface area contributed by atoms with Crippen LogP contribution >= 0.6 is 24.0 Å². The summed E-state index contributed by atoms with van der Waals surface area (Å²) < 4.78 is 54.4. The summed E-state index contributed by atoms with van der Waals surface area (Å²) in [6.45, 7) is 1.96. The van der Waals surface area contributed by atoms with E-state index in [0.29, 0.717) is 50.8 Å². The van der Waals surface area contributed by atoms with Gasteiger partial charge in [-0.1, -0.05) is 12.1 Å². The average molecular weight is 504 g/mol. The summed E-state index contributed by atoms with van der Waals surface area (Å²) in [6.07, 6.45) is -3.84. The van der Waals surface area contributed by atoms with Gasteiger partial charge in [-0.2, -0.15) is 13.2 Å². The third-order valence-corrected chi connectivity index (χ3v) is 4.00. The van der Waals surface area contributed by atoms with Crippen LogP contribution in [-0.2, 0) is 4.74 Å². The number of aliphatic imine (C=N–C) groups is 1. The molecule has 154 valence electrons. The lowest BCUT2D eigenvalue weighted by molar-refractivity contribution is -0.173. The van der Waals surface area contributed by atoms with E-state index in [1.165, 1.54) is 6.07 Å². The van der Waals surface area contributed by atoms with Gasteiger partial charge in [0.2, 0.25) is 0 Å². The lowest BCUT2D eigenvalue weighted by Gasteiger charge is -2.37. The number of rotatable bonds is 6. The third-order valence-electron chi connectivity index (χ3n) is 4.00. The van der Waals surface area contributed by atoms with Crippen molar-refractivity contribution in [3.63, 3.8) is 0 Å². The van der Waals surface area contributed by atoms with Gasteiger partial charge >= 0.3 is 6.18 Å². The molecule has 5 nitrogen and oxygen atoms in total. The summed E-state index contributed by atoms with van der Waals surface area (Å²) in [6, 6.07) is 6.69. The molecule has 1 heterocycles.